The molecule has 0 unspecified atom stereocenters. The number of ether oxygens (including phenoxy) is 4. The van der Waals surface area contributed by atoms with Crippen molar-refractivity contribution in [3.05, 3.63) is 23.7 Å². The van der Waals surface area contributed by atoms with Crippen molar-refractivity contribution >= 4 is 11.7 Å². The van der Waals surface area contributed by atoms with Crippen molar-refractivity contribution in [1.82, 2.24) is 14.4 Å². The molecule has 2 saturated heterocycles. The quantitative estimate of drug-likeness (QED) is 0.778. The molecule has 8 nitrogen and oxygen atoms in total. The van der Waals surface area contributed by atoms with E-state index in [9.17, 15) is 4.79 Å². The highest BCUT2D eigenvalue weighted by atomic mass is 16.6. The van der Waals surface area contributed by atoms with Gasteiger partial charge in [0.1, 0.15) is 11.2 Å². The summed E-state index contributed by atoms with van der Waals surface area (Å²) in [5.74, 6) is 0.163. The molecule has 2 aliphatic rings. The number of methoxy groups -OCH3 is 1. The van der Waals surface area contributed by atoms with Crippen LogP contribution in [-0.2, 0) is 19.8 Å². The van der Waals surface area contributed by atoms with Crippen LogP contribution < -0.4 is 4.74 Å². The number of fused-ring (bicyclic) bond motifs is 3. The maximum Gasteiger partial charge on any atom is 0.344 e. The number of hydrogen-bond acceptors (Lipinski definition) is 7. The summed E-state index contributed by atoms with van der Waals surface area (Å²) < 4.78 is 24.0. The monoisotopic (exact) mass is 347 g/mol. The molecule has 2 aliphatic heterocycles. The molecule has 0 spiro atoms. The number of aromatic nitrogens is 3. The molecule has 0 aromatic carbocycles. The molecule has 134 valence electrons. The number of nitrogens with zero attached hydrogens (tertiary/aromatic N) is 3. The normalized spacial score (nSPS) is 25.5. The average molecular weight is 347 g/mol. The molecule has 4 heterocycles. The number of carbonyl (C=O) groups is 1. The van der Waals surface area contributed by atoms with E-state index in [1.165, 1.54) is 7.11 Å². The van der Waals surface area contributed by atoms with Crippen LogP contribution in [0.15, 0.2) is 12.4 Å². The van der Waals surface area contributed by atoms with Gasteiger partial charge >= 0.3 is 5.97 Å². The second kappa shape index (κ2) is 5.96. The van der Waals surface area contributed by atoms with Crippen LogP contribution in [0, 0.1) is 0 Å². The molecule has 8 heteroatoms. The highest BCUT2D eigenvalue weighted by molar-refractivity contribution is 5.91. The zero-order valence-electron chi connectivity index (χ0n) is 14.5. The molecule has 0 N–H and O–H groups in total. The first kappa shape index (κ1) is 16.3. The lowest BCUT2D eigenvalue weighted by Gasteiger charge is -2.29. The van der Waals surface area contributed by atoms with Crippen LogP contribution in [0.2, 0.25) is 0 Å². The minimum atomic E-state index is -0.527. The van der Waals surface area contributed by atoms with Crippen LogP contribution in [0.3, 0.4) is 0 Å². The molecule has 2 atom stereocenters. The molecule has 25 heavy (non-hydrogen) atoms. The van der Waals surface area contributed by atoms with Crippen LogP contribution in [0.1, 0.15) is 42.7 Å². The van der Waals surface area contributed by atoms with Gasteiger partial charge in [-0.15, -0.1) is 0 Å². The zero-order valence-corrected chi connectivity index (χ0v) is 14.5. The second-order valence-electron chi connectivity index (χ2n) is 6.72. The molecular weight excluding hydrogens is 326 g/mol. The third-order valence-electron chi connectivity index (χ3n) is 4.56. The Morgan fingerprint density at radius 1 is 1.40 bits per heavy atom. The summed E-state index contributed by atoms with van der Waals surface area (Å²) >= 11 is 0. The van der Waals surface area contributed by atoms with Gasteiger partial charge in [0.2, 0.25) is 11.7 Å². The van der Waals surface area contributed by atoms with Gasteiger partial charge in [-0.05, 0) is 20.3 Å². The standard InChI is InChI=1S/C17H21N3O5/c1-10(2)25-14-12(15(21)22-3)7-20-8-13(18-16(20)19-14)17-6-11(23-9-17)4-5-24-17/h7-8,10-11H,4-6,9H2,1-3H3/t11-,17+/m1/s1. The number of imidazole rings is 1. The predicted molar refractivity (Wildman–Crippen MR) is 86.7 cm³/mol. The van der Waals surface area contributed by atoms with Gasteiger partial charge in [0.25, 0.3) is 0 Å². The van der Waals surface area contributed by atoms with E-state index < -0.39 is 11.6 Å². The van der Waals surface area contributed by atoms with E-state index in [1.54, 1.807) is 10.6 Å². The summed E-state index contributed by atoms with van der Waals surface area (Å²) in [4.78, 5) is 21.1. The number of hydrogen-bond donors (Lipinski definition) is 0. The van der Waals surface area contributed by atoms with E-state index in [2.05, 4.69) is 9.97 Å². The van der Waals surface area contributed by atoms with E-state index in [4.69, 9.17) is 18.9 Å². The van der Waals surface area contributed by atoms with Gasteiger partial charge in [-0.2, -0.15) is 4.98 Å². The van der Waals surface area contributed by atoms with Gasteiger partial charge in [0.05, 0.1) is 38.2 Å². The van der Waals surface area contributed by atoms with Gasteiger partial charge in [-0.1, -0.05) is 0 Å². The van der Waals surface area contributed by atoms with Crippen LogP contribution in [0.25, 0.3) is 5.78 Å². The van der Waals surface area contributed by atoms with Gasteiger partial charge in [0.15, 0.2) is 0 Å². The molecular formula is C17H21N3O5. The predicted octanol–water partition coefficient (Wildman–Crippen LogP) is 1.71. The Hall–Kier alpha value is -2.19. The van der Waals surface area contributed by atoms with E-state index in [0.29, 0.717) is 19.0 Å². The van der Waals surface area contributed by atoms with E-state index in [1.807, 2.05) is 20.0 Å². The summed E-state index contributed by atoms with van der Waals surface area (Å²) in [6.07, 6.45) is 5.26. The molecule has 0 saturated carbocycles. The minimum Gasteiger partial charge on any atom is -0.474 e. The fraction of sp³-hybridized carbons (Fsp3) is 0.588. The molecule has 2 aromatic heterocycles. The Morgan fingerprint density at radius 3 is 3.00 bits per heavy atom. The molecule has 2 aromatic rings. The smallest absolute Gasteiger partial charge is 0.344 e. The minimum absolute atomic E-state index is 0.128. The first-order valence-corrected chi connectivity index (χ1v) is 8.41. The first-order valence-electron chi connectivity index (χ1n) is 8.41. The molecule has 0 amide bonds. The van der Waals surface area contributed by atoms with Crippen molar-refractivity contribution in [2.24, 2.45) is 0 Å². The number of rotatable bonds is 4. The average Bonchev–Trinajstić information content (AvgIpc) is 3.14. The lowest BCUT2D eigenvalue weighted by atomic mass is 9.93. The molecule has 4 rings (SSSR count). The summed E-state index contributed by atoms with van der Waals surface area (Å²) in [6, 6.07) is 0. The second-order valence-corrected chi connectivity index (χ2v) is 6.72. The maximum absolute atomic E-state index is 12.1. The summed E-state index contributed by atoms with van der Waals surface area (Å²) in [5.41, 5.74) is 0.496. The van der Waals surface area contributed by atoms with Crippen molar-refractivity contribution in [3.63, 3.8) is 0 Å². The molecule has 2 fully saturated rings. The molecule has 2 bridgehead atoms. The van der Waals surface area contributed by atoms with Crippen molar-refractivity contribution in [3.8, 4) is 5.88 Å². The van der Waals surface area contributed by atoms with Gasteiger partial charge in [-0.25, -0.2) is 9.78 Å². The van der Waals surface area contributed by atoms with Gasteiger partial charge < -0.3 is 18.9 Å². The van der Waals surface area contributed by atoms with Crippen molar-refractivity contribution in [2.45, 2.75) is 44.5 Å². The third-order valence-corrected chi connectivity index (χ3v) is 4.56. The third kappa shape index (κ3) is 2.75. The van der Waals surface area contributed by atoms with Gasteiger partial charge in [-0.3, -0.25) is 4.40 Å². The lowest BCUT2D eigenvalue weighted by molar-refractivity contribution is -0.0597. The Labute approximate surface area is 145 Å². The van der Waals surface area contributed by atoms with Crippen molar-refractivity contribution in [1.29, 1.82) is 0 Å². The summed E-state index contributed by atoms with van der Waals surface area (Å²) in [7, 11) is 1.33. The first-order chi connectivity index (χ1) is 12.0. The number of carbonyl (C=O) groups excluding carboxylic acids is 1. The Balaban J connectivity index is 1.78. The molecule has 0 aliphatic carbocycles. The zero-order chi connectivity index (χ0) is 17.6. The largest absolute Gasteiger partial charge is 0.474 e. The summed E-state index contributed by atoms with van der Waals surface area (Å²) in [5, 5.41) is 0. The van der Waals surface area contributed by atoms with Crippen LogP contribution in [0.5, 0.6) is 5.88 Å². The van der Waals surface area contributed by atoms with Crippen molar-refractivity contribution < 1.29 is 23.7 Å². The Kier molecular flexibility index (Phi) is 3.88. The lowest BCUT2D eigenvalue weighted by Crippen LogP contribution is -2.34. The van der Waals surface area contributed by atoms with Crippen LogP contribution in [-0.4, -0.2) is 52.9 Å². The van der Waals surface area contributed by atoms with E-state index in [0.717, 1.165) is 18.5 Å². The maximum atomic E-state index is 12.1. The van der Waals surface area contributed by atoms with E-state index >= 15 is 0 Å². The Morgan fingerprint density at radius 2 is 2.24 bits per heavy atom. The highest BCUT2D eigenvalue weighted by Gasteiger charge is 2.47. The van der Waals surface area contributed by atoms with Crippen molar-refractivity contribution in [2.75, 3.05) is 20.3 Å². The van der Waals surface area contributed by atoms with Crippen LogP contribution >= 0.6 is 0 Å². The Bertz CT molecular complexity index is 814. The highest BCUT2D eigenvalue weighted by Crippen LogP contribution is 2.41. The van der Waals surface area contributed by atoms with Gasteiger partial charge in [0, 0.05) is 18.8 Å². The fourth-order valence-corrected chi connectivity index (χ4v) is 3.35. The fourth-order valence-electron chi connectivity index (χ4n) is 3.35. The summed E-state index contributed by atoms with van der Waals surface area (Å²) in [6.45, 7) is 4.88. The van der Waals surface area contributed by atoms with Crippen LogP contribution in [0.4, 0.5) is 0 Å². The SMILES string of the molecule is COC(=O)c1cn2cc([C@]34CO[C@H](CCO3)C4)nc2nc1OC(C)C. The van der Waals surface area contributed by atoms with E-state index in [-0.39, 0.29) is 23.7 Å². The number of esters is 1. The molecule has 0 radical (unpaired) electrons. The topological polar surface area (TPSA) is 84.2 Å².